The van der Waals surface area contributed by atoms with Gasteiger partial charge in [0, 0.05) is 6.54 Å². The van der Waals surface area contributed by atoms with Gasteiger partial charge in [0.05, 0.1) is 19.1 Å². The first-order valence-electron chi connectivity index (χ1n) is 10.2. The van der Waals surface area contributed by atoms with Crippen molar-refractivity contribution in [1.29, 1.82) is 0 Å². The molecule has 0 fully saturated rings. The number of hydrogen-bond acceptors (Lipinski definition) is 7. The average Bonchev–Trinajstić information content (AvgIpc) is 3.11. The van der Waals surface area contributed by atoms with Crippen molar-refractivity contribution in [2.75, 3.05) is 13.7 Å². The van der Waals surface area contributed by atoms with Gasteiger partial charge in [0.15, 0.2) is 0 Å². The number of ether oxygens (including phenoxy) is 2. The molecule has 1 aromatic carbocycles. The predicted octanol–water partition coefficient (Wildman–Crippen LogP) is 2.15. The molecule has 176 valence electrons. The lowest BCUT2D eigenvalue weighted by molar-refractivity contribution is -0.120. The molecule has 0 bridgehead atoms. The molecule has 0 radical (unpaired) electrons. The Labute approximate surface area is 192 Å². The van der Waals surface area contributed by atoms with Gasteiger partial charge in [0.2, 0.25) is 5.91 Å². The Balaban J connectivity index is 2.26. The maximum absolute atomic E-state index is 13.8. The summed E-state index contributed by atoms with van der Waals surface area (Å²) in [6.07, 6.45) is 0.185. The second kappa shape index (κ2) is 9.57. The quantitative estimate of drug-likeness (QED) is 0.496. The predicted molar refractivity (Wildman–Crippen MR) is 122 cm³/mol. The number of rotatable bonds is 8. The van der Waals surface area contributed by atoms with Gasteiger partial charge in [-0.2, -0.15) is 0 Å². The van der Waals surface area contributed by atoms with Crippen LogP contribution in [0.25, 0.3) is 10.2 Å². The number of aryl methyl sites for hydroxylation is 3. The van der Waals surface area contributed by atoms with Crippen LogP contribution in [0.3, 0.4) is 0 Å². The molecule has 1 atom stereocenters. The van der Waals surface area contributed by atoms with Gasteiger partial charge >= 0.3 is 11.7 Å². The lowest BCUT2D eigenvalue weighted by Gasteiger charge is -2.16. The molecule has 3 aromatic rings. The summed E-state index contributed by atoms with van der Waals surface area (Å²) in [5, 5.41) is 0.127. The Kier molecular flexibility index (Phi) is 7.01. The first-order valence-corrected chi connectivity index (χ1v) is 11.0. The van der Waals surface area contributed by atoms with Crippen molar-refractivity contribution in [2.24, 2.45) is 5.73 Å². The molecule has 9 nitrogen and oxygen atoms in total. The van der Waals surface area contributed by atoms with Crippen molar-refractivity contribution in [1.82, 2.24) is 9.13 Å². The Bertz CT molecular complexity index is 1360. The van der Waals surface area contributed by atoms with Crippen LogP contribution in [0.15, 0.2) is 27.8 Å². The van der Waals surface area contributed by atoms with E-state index >= 15 is 0 Å². The van der Waals surface area contributed by atoms with Gasteiger partial charge in [-0.1, -0.05) is 0 Å². The molecule has 33 heavy (non-hydrogen) atoms. The third-order valence-corrected chi connectivity index (χ3v) is 6.64. The normalized spacial score (nSPS) is 12.0. The van der Waals surface area contributed by atoms with Crippen molar-refractivity contribution in [3.8, 4) is 5.75 Å². The van der Waals surface area contributed by atoms with Crippen LogP contribution >= 0.6 is 11.3 Å². The number of primary amides is 1. The molecule has 2 N–H and O–H groups in total. The largest absolute Gasteiger partial charge is 0.496 e. The molecule has 1 amide bonds. The number of nitrogens with zero attached hydrogens (tertiary/aromatic N) is 2. The highest BCUT2D eigenvalue weighted by atomic mass is 32.1. The first kappa shape index (κ1) is 24.2. The van der Waals surface area contributed by atoms with Crippen LogP contribution in [0.2, 0.25) is 0 Å². The summed E-state index contributed by atoms with van der Waals surface area (Å²) in [4.78, 5) is 51.2. The van der Waals surface area contributed by atoms with Crippen LogP contribution in [0.4, 0.5) is 4.39 Å². The minimum Gasteiger partial charge on any atom is -0.496 e. The Hall–Kier alpha value is -3.47. The van der Waals surface area contributed by atoms with Gasteiger partial charge < -0.3 is 15.2 Å². The number of methoxy groups -OCH3 is 1. The van der Waals surface area contributed by atoms with E-state index in [9.17, 15) is 23.6 Å². The van der Waals surface area contributed by atoms with E-state index in [4.69, 9.17) is 15.2 Å². The number of hydrogen-bond donors (Lipinski definition) is 1. The molecule has 0 saturated heterocycles. The molecule has 0 aliphatic rings. The number of carbonyl (C=O) groups is 2. The molecular weight excluding hydrogens is 453 g/mol. The minimum atomic E-state index is -1.21. The van der Waals surface area contributed by atoms with Crippen molar-refractivity contribution >= 4 is 33.4 Å². The SMILES string of the molecule is CCOC(=O)c1sc2c(c1C)c(=O)n(C(C)C(N)=O)c(=O)n2CCc1cc(F)ccc1OC. The molecule has 0 aliphatic carbocycles. The smallest absolute Gasteiger partial charge is 0.348 e. The van der Waals surface area contributed by atoms with E-state index < -0.39 is 35.0 Å². The van der Waals surface area contributed by atoms with Crippen molar-refractivity contribution in [3.63, 3.8) is 0 Å². The van der Waals surface area contributed by atoms with E-state index in [-0.39, 0.29) is 34.7 Å². The maximum atomic E-state index is 13.8. The minimum absolute atomic E-state index is 0.0309. The number of amides is 1. The summed E-state index contributed by atoms with van der Waals surface area (Å²) >= 11 is 0.958. The number of fused-ring (bicyclic) bond motifs is 1. The zero-order valence-electron chi connectivity index (χ0n) is 18.6. The fourth-order valence-corrected chi connectivity index (χ4v) is 4.81. The van der Waals surface area contributed by atoms with Crippen LogP contribution in [0.5, 0.6) is 5.75 Å². The molecule has 0 aliphatic heterocycles. The monoisotopic (exact) mass is 477 g/mol. The molecule has 0 spiro atoms. The Morgan fingerprint density at radius 1 is 1.27 bits per heavy atom. The van der Waals surface area contributed by atoms with Crippen molar-refractivity contribution in [2.45, 2.75) is 39.8 Å². The first-order chi connectivity index (χ1) is 15.6. The lowest BCUT2D eigenvalue weighted by atomic mass is 10.1. The maximum Gasteiger partial charge on any atom is 0.348 e. The molecule has 11 heteroatoms. The zero-order chi connectivity index (χ0) is 24.4. The highest BCUT2D eigenvalue weighted by molar-refractivity contribution is 7.20. The van der Waals surface area contributed by atoms with Gasteiger partial charge in [-0.3, -0.25) is 14.2 Å². The highest BCUT2D eigenvalue weighted by Gasteiger charge is 2.26. The van der Waals surface area contributed by atoms with Crippen molar-refractivity contribution in [3.05, 3.63) is 60.9 Å². The van der Waals surface area contributed by atoms with E-state index in [0.717, 1.165) is 15.9 Å². The van der Waals surface area contributed by atoms with E-state index in [1.807, 2.05) is 0 Å². The second-order valence-corrected chi connectivity index (χ2v) is 8.35. The van der Waals surface area contributed by atoms with E-state index in [1.54, 1.807) is 13.8 Å². The summed E-state index contributed by atoms with van der Waals surface area (Å²) in [5.41, 5.74) is 4.76. The Morgan fingerprint density at radius 3 is 2.58 bits per heavy atom. The third kappa shape index (κ3) is 4.40. The fourth-order valence-electron chi connectivity index (χ4n) is 3.60. The van der Waals surface area contributed by atoms with Crippen LogP contribution in [0, 0.1) is 12.7 Å². The van der Waals surface area contributed by atoms with Crippen LogP contribution in [-0.4, -0.2) is 34.7 Å². The molecular formula is C22H24FN3O6S. The summed E-state index contributed by atoms with van der Waals surface area (Å²) in [5.74, 6) is -1.50. The number of esters is 1. The van der Waals surface area contributed by atoms with E-state index in [1.165, 1.54) is 36.8 Å². The summed E-state index contributed by atoms with van der Waals surface area (Å²) in [7, 11) is 1.45. The third-order valence-electron chi connectivity index (χ3n) is 5.35. The second-order valence-electron chi connectivity index (χ2n) is 7.35. The number of benzene rings is 1. The Morgan fingerprint density at radius 2 is 1.97 bits per heavy atom. The van der Waals surface area contributed by atoms with Gasteiger partial charge in [0.1, 0.15) is 27.3 Å². The van der Waals surface area contributed by atoms with Gasteiger partial charge in [0.25, 0.3) is 5.56 Å². The van der Waals surface area contributed by atoms with Gasteiger partial charge in [-0.15, -0.1) is 11.3 Å². The topological polar surface area (TPSA) is 123 Å². The molecule has 1 unspecified atom stereocenters. The van der Waals surface area contributed by atoms with E-state index in [0.29, 0.717) is 16.9 Å². The number of nitrogens with two attached hydrogens (primary N) is 1. The molecule has 2 heterocycles. The standard InChI is InChI=1S/C22H24FN3O6S/c1-5-32-21(29)17-11(2)16-19(28)26(12(3)18(24)27)22(30)25(20(16)33-17)9-8-13-10-14(23)6-7-15(13)31-4/h6-7,10,12H,5,8-9H2,1-4H3,(H2,24,27). The number of aromatic nitrogens is 2. The molecule has 2 aromatic heterocycles. The van der Waals surface area contributed by atoms with Gasteiger partial charge in [-0.05, 0) is 56.5 Å². The van der Waals surface area contributed by atoms with Crippen LogP contribution < -0.4 is 21.7 Å². The summed E-state index contributed by atoms with van der Waals surface area (Å²) < 4.78 is 26.2. The number of halogens is 1. The summed E-state index contributed by atoms with van der Waals surface area (Å²) in [6, 6.07) is 2.82. The van der Waals surface area contributed by atoms with Crippen molar-refractivity contribution < 1.29 is 23.5 Å². The highest BCUT2D eigenvalue weighted by Crippen LogP contribution is 2.29. The van der Waals surface area contributed by atoms with E-state index in [2.05, 4.69) is 0 Å². The fraction of sp³-hybridized carbons (Fsp3) is 0.364. The average molecular weight is 478 g/mol. The molecule has 0 saturated carbocycles. The van der Waals surface area contributed by atoms with Crippen LogP contribution in [-0.2, 0) is 22.5 Å². The number of carbonyl (C=O) groups excluding carboxylic acids is 2. The van der Waals surface area contributed by atoms with Crippen LogP contribution in [0.1, 0.15) is 40.7 Å². The number of thiophene rings is 1. The van der Waals surface area contributed by atoms with Gasteiger partial charge in [-0.25, -0.2) is 18.5 Å². The summed E-state index contributed by atoms with van der Waals surface area (Å²) in [6.45, 7) is 4.76. The molecule has 3 rings (SSSR count). The lowest BCUT2D eigenvalue weighted by Crippen LogP contribution is -2.45. The zero-order valence-corrected chi connectivity index (χ0v) is 19.5.